The molecule has 1 amide bonds. The van der Waals surface area contributed by atoms with Crippen LogP contribution >= 0.6 is 0 Å². The van der Waals surface area contributed by atoms with Gasteiger partial charge in [0.2, 0.25) is 5.91 Å². The molecule has 3 heteroatoms. The van der Waals surface area contributed by atoms with E-state index in [2.05, 4.69) is 5.32 Å². The average Bonchev–Trinajstić information content (AvgIpc) is 2.23. The maximum absolute atomic E-state index is 11.2. The molecule has 0 unspecified atom stereocenters. The summed E-state index contributed by atoms with van der Waals surface area (Å²) in [6.07, 6.45) is 3.23. The van der Waals surface area contributed by atoms with Gasteiger partial charge in [-0.15, -0.1) is 0 Å². The lowest BCUT2D eigenvalue weighted by atomic mass is 9.72. The van der Waals surface area contributed by atoms with E-state index < -0.39 is 0 Å². The molecule has 1 N–H and O–H groups in total. The highest BCUT2D eigenvalue weighted by Gasteiger charge is 2.39. The number of benzene rings is 1. The molecule has 0 spiro atoms. The Hall–Kier alpha value is -1.51. The Bertz CT molecular complexity index is 379. The number of carbonyl (C=O) groups excluding carboxylic acids is 1. The third kappa shape index (κ3) is 1.90. The van der Waals surface area contributed by atoms with Crippen LogP contribution in [0.1, 0.15) is 31.7 Å². The van der Waals surface area contributed by atoms with Crippen molar-refractivity contribution in [1.29, 1.82) is 0 Å². The molecule has 1 fully saturated rings. The zero-order chi connectivity index (χ0) is 11.6. The smallest absolute Gasteiger partial charge is 0.217 e. The lowest BCUT2D eigenvalue weighted by Gasteiger charge is -2.43. The Labute approximate surface area is 95.8 Å². The molecule has 1 aromatic rings. The first-order valence-corrected chi connectivity index (χ1v) is 5.59. The minimum absolute atomic E-state index is 0.0375. The lowest BCUT2D eigenvalue weighted by molar-refractivity contribution is -0.122. The zero-order valence-corrected chi connectivity index (χ0v) is 9.75. The van der Waals surface area contributed by atoms with Crippen molar-refractivity contribution in [3.63, 3.8) is 0 Å². The Balaban J connectivity index is 2.22. The van der Waals surface area contributed by atoms with E-state index >= 15 is 0 Å². The van der Waals surface area contributed by atoms with Gasteiger partial charge in [0.15, 0.2) is 0 Å². The van der Waals surface area contributed by atoms with Crippen molar-refractivity contribution in [3.05, 3.63) is 29.8 Å². The molecule has 0 radical (unpaired) electrons. The monoisotopic (exact) mass is 219 g/mol. The third-order valence-electron chi connectivity index (χ3n) is 3.27. The van der Waals surface area contributed by atoms with Crippen LogP contribution in [0.4, 0.5) is 0 Å². The van der Waals surface area contributed by atoms with Gasteiger partial charge in [0.05, 0.1) is 12.6 Å². The predicted molar refractivity (Wildman–Crippen MR) is 62.3 cm³/mol. The van der Waals surface area contributed by atoms with Crippen molar-refractivity contribution in [2.75, 3.05) is 7.11 Å². The van der Waals surface area contributed by atoms with Gasteiger partial charge in [-0.1, -0.05) is 12.1 Å². The second-order valence-electron chi connectivity index (χ2n) is 4.35. The van der Waals surface area contributed by atoms with Gasteiger partial charge < -0.3 is 10.1 Å². The molecule has 1 aliphatic rings. The van der Waals surface area contributed by atoms with Crippen molar-refractivity contribution >= 4 is 5.91 Å². The van der Waals surface area contributed by atoms with Crippen LogP contribution in [0.15, 0.2) is 24.3 Å². The lowest BCUT2D eigenvalue weighted by Crippen LogP contribution is -2.50. The molecule has 0 heterocycles. The number of ether oxygens (including phenoxy) is 1. The molecule has 0 saturated heterocycles. The van der Waals surface area contributed by atoms with Crippen molar-refractivity contribution in [3.8, 4) is 5.75 Å². The van der Waals surface area contributed by atoms with Gasteiger partial charge in [0, 0.05) is 6.92 Å². The fourth-order valence-electron chi connectivity index (χ4n) is 2.26. The molecule has 1 aliphatic carbocycles. The fourth-order valence-corrected chi connectivity index (χ4v) is 2.26. The first kappa shape index (κ1) is 11.0. The molecule has 3 nitrogen and oxygen atoms in total. The minimum atomic E-state index is -0.127. The topological polar surface area (TPSA) is 38.3 Å². The highest BCUT2D eigenvalue weighted by molar-refractivity contribution is 5.74. The molecule has 86 valence electrons. The van der Waals surface area contributed by atoms with Crippen LogP contribution in [-0.2, 0) is 10.3 Å². The second-order valence-corrected chi connectivity index (χ2v) is 4.35. The number of amides is 1. The van der Waals surface area contributed by atoms with Crippen molar-refractivity contribution in [2.45, 2.75) is 31.7 Å². The van der Waals surface area contributed by atoms with E-state index in [-0.39, 0.29) is 11.4 Å². The number of methoxy groups -OCH3 is 1. The fraction of sp³-hybridized carbons (Fsp3) is 0.462. The van der Waals surface area contributed by atoms with E-state index in [4.69, 9.17) is 4.74 Å². The Morgan fingerprint density at radius 1 is 1.31 bits per heavy atom. The van der Waals surface area contributed by atoms with Crippen molar-refractivity contribution in [2.24, 2.45) is 0 Å². The summed E-state index contributed by atoms with van der Waals surface area (Å²) < 4.78 is 5.13. The second kappa shape index (κ2) is 4.16. The maximum Gasteiger partial charge on any atom is 0.217 e. The summed E-state index contributed by atoms with van der Waals surface area (Å²) in [4.78, 5) is 11.2. The molecule has 0 aromatic heterocycles. The van der Waals surface area contributed by atoms with Crippen LogP contribution in [-0.4, -0.2) is 13.0 Å². The zero-order valence-electron chi connectivity index (χ0n) is 9.75. The number of hydrogen-bond donors (Lipinski definition) is 1. The first-order chi connectivity index (χ1) is 7.66. The maximum atomic E-state index is 11.2. The van der Waals surface area contributed by atoms with E-state index in [1.807, 2.05) is 24.3 Å². The summed E-state index contributed by atoms with van der Waals surface area (Å²) in [5.74, 6) is 0.886. The summed E-state index contributed by atoms with van der Waals surface area (Å²) in [5, 5.41) is 3.07. The van der Waals surface area contributed by atoms with Gasteiger partial charge in [-0.05, 0) is 37.0 Å². The number of carbonyl (C=O) groups is 1. The van der Waals surface area contributed by atoms with Crippen LogP contribution in [0, 0.1) is 0 Å². The van der Waals surface area contributed by atoms with Crippen LogP contribution in [0.2, 0.25) is 0 Å². The predicted octanol–water partition coefficient (Wildman–Crippen LogP) is 2.21. The quantitative estimate of drug-likeness (QED) is 0.846. The number of rotatable bonds is 3. The van der Waals surface area contributed by atoms with E-state index in [1.165, 1.54) is 12.0 Å². The van der Waals surface area contributed by atoms with Gasteiger partial charge in [-0.3, -0.25) is 4.79 Å². The van der Waals surface area contributed by atoms with Crippen molar-refractivity contribution in [1.82, 2.24) is 5.32 Å². The van der Waals surface area contributed by atoms with Crippen LogP contribution in [0.25, 0.3) is 0 Å². The molecule has 2 rings (SSSR count). The third-order valence-corrected chi connectivity index (χ3v) is 3.27. The highest BCUT2D eigenvalue weighted by Crippen LogP contribution is 2.41. The van der Waals surface area contributed by atoms with Crippen LogP contribution in [0.5, 0.6) is 5.75 Å². The molecule has 0 bridgehead atoms. The molecular formula is C13H17NO2. The van der Waals surface area contributed by atoms with E-state index in [0.29, 0.717) is 0 Å². The Kier molecular flexibility index (Phi) is 2.86. The molecule has 1 aromatic carbocycles. The summed E-state index contributed by atoms with van der Waals surface area (Å²) in [6, 6.07) is 7.95. The largest absolute Gasteiger partial charge is 0.497 e. The van der Waals surface area contributed by atoms with Crippen LogP contribution < -0.4 is 10.1 Å². The molecule has 0 aliphatic heterocycles. The Morgan fingerprint density at radius 3 is 2.31 bits per heavy atom. The molecule has 1 saturated carbocycles. The molecule has 0 atom stereocenters. The van der Waals surface area contributed by atoms with Gasteiger partial charge in [-0.25, -0.2) is 0 Å². The molecule has 16 heavy (non-hydrogen) atoms. The summed E-state index contributed by atoms with van der Waals surface area (Å²) >= 11 is 0. The number of nitrogens with one attached hydrogen (secondary N) is 1. The normalized spacial score (nSPS) is 17.4. The first-order valence-electron chi connectivity index (χ1n) is 5.59. The number of hydrogen-bond acceptors (Lipinski definition) is 2. The van der Waals surface area contributed by atoms with Gasteiger partial charge in [0.25, 0.3) is 0 Å². The standard InChI is InChI=1S/C13H17NO2/c1-10(15)14-13(8-3-9-13)11-4-6-12(16-2)7-5-11/h4-7H,3,8-9H2,1-2H3,(H,14,15). The molecular weight excluding hydrogens is 202 g/mol. The highest BCUT2D eigenvalue weighted by atomic mass is 16.5. The van der Waals surface area contributed by atoms with Gasteiger partial charge in [0.1, 0.15) is 5.75 Å². The average molecular weight is 219 g/mol. The summed E-state index contributed by atoms with van der Waals surface area (Å²) in [7, 11) is 1.65. The Morgan fingerprint density at radius 2 is 1.94 bits per heavy atom. The van der Waals surface area contributed by atoms with Gasteiger partial charge >= 0.3 is 0 Å². The van der Waals surface area contributed by atoms with E-state index in [9.17, 15) is 4.79 Å². The van der Waals surface area contributed by atoms with E-state index in [1.54, 1.807) is 14.0 Å². The van der Waals surface area contributed by atoms with Crippen molar-refractivity contribution < 1.29 is 9.53 Å². The van der Waals surface area contributed by atoms with Crippen LogP contribution in [0.3, 0.4) is 0 Å². The summed E-state index contributed by atoms with van der Waals surface area (Å²) in [6.45, 7) is 1.57. The van der Waals surface area contributed by atoms with Gasteiger partial charge in [-0.2, -0.15) is 0 Å². The summed E-state index contributed by atoms with van der Waals surface area (Å²) in [5.41, 5.74) is 1.05. The van der Waals surface area contributed by atoms with E-state index in [0.717, 1.165) is 18.6 Å². The minimum Gasteiger partial charge on any atom is -0.497 e. The SMILES string of the molecule is COc1ccc(C2(NC(C)=O)CCC2)cc1.